The maximum Gasteiger partial charge on any atom is 0.150 e. The first-order valence-corrected chi connectivity index (χ1v) is 7.14. The van der Waals surface area contributed by atoms with Crippen LogP contribution < -0.4 is 4.74 Å². The van der Waals surface area contributed by atoms with Gasteiger partial charge >= 0.3 is 0 Å². The van der Waals surface area contributed by atoms with Gasteiger partial charge in [0.1, 0.15) is 5.75 Å². The van der Waals surface area contributed by atoms with Gasteiger partial charge < -0.3 is 14.6 Å². The van der Waals surface area contributed by atoms with Gasteiger partial charge in [0.05, 0.1) is 12.6 Å². The molecule has 0 atom stereocenters. The third-order valence-corrected chi connectivity index (χ3v) is 3.84. The highest BCUT2D eigenvalue weighted by atomic mass is 19.1. The first-order valence-electron chi connectivity index (χ1n) is 7.14. The van der Waals surface area contributed by atoms with Gasteiger partial charge in [0, 0.05) is 30.2 Å². The van der Waals surface area contributed by atoms with E-state index in [1.165, 1.54) is 6.07 Å². The van der Waals surface area contributed by atoms with Gasteiger partial charge in [-0.15, -0.1) is 0 Å². The molecule has 2 rings (SSSR count). The van der Waals surface area contributed by atoms with Gasteiger partial charge in [-0.2, -0.15) is 0 Å². The zero-order valence-corrected chi connectivity index (χ0v) is 12.7. The molecule has 1 N–H and O–H groups in total. The van der Waals surface area contributed by atoms with Gasteiger partial charge in [-0.25, -0.2) is 4.39 Å². The number of halogens is 1. The molecular formula is C16H23FN2O. The van der Waals surface area contributed by atoms with Crippen molar-refractivity contribution in [2.24, 2.45) is 0 Å². The van der Waals surface area contributed by atoms with E-state index >= 15 is 0 Å². The average Bonchev–Trinajstić information content (AvgIpc) is 2.82. The molecule has 0 aliphatic heterocycles. The Morgan fingerprint density at radius 3 is 2.70 bits per heavy atom. The minimum Gasteiger partial charge on any atom is -0.497 e. The van der Waals surface area contributed by atoms with E-state index in [-0.39, 0.29) is 5.82 Å². The lowest BCUT2D eigenvalue weighted by molar-refractivity contribution is 0.237. The van der Waals surface area contributed by atoms with Crippen LogP contribution in [0.1, 0.15) is 26.3 Å². The Bertz CT molecular complexity index is 577. The van der Waals surface area contributed by atoms with Crippen LogP contribution in [0.5, 0.6) is 5.75 Å². The summed E-state index contributed by atoms with van der Waals surface area (Å²) in [6, 6.07) is 3.84. The number of hydrogen-bond acceptors (Lipinski definition) is 2. The molecule has 0 aliphatic rings. The topological polar surface area (TPSA) is 28.3 Å². The highest BCUT2D eigenvalue weighted by Gasteiger charge is 2.12. The van der Waals surface area contributed by atoms with Gasteiger partial charge in [-0.1, -0.05) is 6.92 Å². The molecule has 3 nitrogen and oxygen atoms in total. The van der Waals surface area contributed by atoms with E-state index in [2.05, 4.69) is 30.7 Å². The van der Waals surface area contributed by atoms with Crippen LogP contribution >= 0.6 is 0 Å². The molecular weight excluding hydrogens is 255 g/mol. The van der Waals surface area contributed by atoms with E-state index in [9.17, 15) is 4.39 Å². The number of nitrogens with zero attached hydrogens (tertiary/aromatic N) is 1. The molecule has 0 saturated carbocycles. The van der Waals surface area contributed by atoms with Crippen LogP contribution in [-0.4, -0.2) is 36.1 Å². The number of aromatic amines is 1. The minimum atomic E-state index is -0.262. The third-order valence-electron chi connectivity index (χ3n) is 3.84. The van der Waals surface area contributed by atoms with Gasteiger partial charge in [-0.05, 0) is 38.4 Å². The lowest BCUT2D eigenvalue weighted by Gasteiger charge is -2.24. The Labute approximate surface area is 119 Å². The van der Waals surface area contributed by atoms with Gasteiger partial charge in [-0.3, -0.25) is 0 Å². The summed E-state index contributed by atoms with van der Waals surface area (Å²) in [4.78, 5) is 5.43. The van der Waals surface area contributed by atoms with Crippen LogP contribution in [0.25, 0.3) is 10.9 Å². The van der Waals surface area contributed by atoms with Crippen molar-refractivity contribution < 1.29 is 9.13 Å². The van der Waals surface area contributed by atoms with E-state index in [4.69, 9.17) is 4.74 Å². The standard InChI is InChI=1S/C16H23FN2O/c1-5-19(11(2)3)7-6-12-10-18-16-14(12)8-13(20-4)9-15(16)17/h8-11,18H,5-7H2,1-4H3. The minimum absolute atomic E-state index is 0.262. The van der Waals surface area contributed by atoms with Crippen LogP contribution in [0.3, 0.4) is 0 Å². The highest BCUT2D eigenvalue weighted by Crippen LogP contribution is 2.27. The Kier molecular flexibility index (Phi) is 4.65. The second-order valence-corrected chi connectivity index (χ2v) is 5.32. The quantitative estimate of drug-likeness (QED) is 0.874. The SMILES string of the molecule is CCN(CCc1c[nH]c2c(F)cc(OC)cc12)C(C)C. The van der Waals surface area contributed by atoms with Gasteiger partial charge in [0.25, 0.3) is 0 Å². The van der Waals surface area contributed by atoms with Crippen molar-refractivity contribution in [3.05, 3.63) is 29.7 Å². The molecule has 4 heteroatoms. The normalized spacial score (nSPS) is 11.8. The van der Waals surface area contributed by atoms with E-state index in [0.29, 0.717) is 17.3 Å². The Balaban J connectivity index is 2.24. The van der Waals surface area contributed by atoms with Crippen molar-refractivity contribution in [3.8, 4) is 5.75 Å². The largest absolute Gasteiger partial charge is 0.497 e. The van der Waals surface area contributed by atoms with Crippen molar-refractivity contribution in [1.82, 2.24) is 9.88 Å². The van der Waals surface area contributed by atoms with E-state index in [0.717, 1.165) is 30.5 Å². The number of ether oxygens (including phenoxy) is 1. The molecule has 0 bridgehead atoms. The summed E-state index contributed by atoms with van der Waals surface area (Å²) in [7, 11) is 1.56. The molecule has 0 radical (unpaired) electrons. The van der Waals surface area contributed by atoms with Crippen molar-refractivity contribution in [3.63, 3.8) is 0 Å². The predicted molar refractivity (Wildman–Crippen MR) is 80.9 cm³/mol. The summed E-state index contributed by atoms with van der Waals surface area (Å²) in [6.07, 6.45) is 2.81. The van der Waals surface area contributed by atoms with Crippen molar-refractivity contribution in [1.29, 1.82) is 0 Å². The van der Waals surface area contributed by atoms with Crippen molar-refractivity contribution in [2.75, 3.05) is 20.2 Å². The number of rotatable bonds is 6. The molecule has 2 aromatic rings. The Morgan fingerprint density at radius 1 is 1.35 bits per heavy atom. The fraction of sp³-hybridized carbons (Fsp3) is 0.500. The summed E-state index contributed by atoms with van der Waals surface area (Å²) < 4.78 is 19.1. The fourth-order valence-electron chi connectivity index (χ4n) is 2.59. The first kappa shape index (κ1) is 14.9. The number of fused-ring (bicyclic) bond motifs is 1. The zero-order valence-electron chi connectivity index (χ0n) is 12.7. The molecule has 1 aromatic carbocycles. The van der Waals surface area contributed by atoms with Crippen LogP contribution in [0, 0.1) is 5.82 Å². The molecule has 0 saturated heterocycles. The third kappa shape index (κ3) is 2.96. The summed E-state index contributed by atoms with van der Waals surface area (Å²) >= 11 is 0. The molecule has 110 valence electrons. The van der Waals surface area contributed by atoms with Crippen LogP contribution in [-0.2, 0) is 6.42 Å². The van der Waals surface area contributed by atoms with Crippen LogP contribution in [0.15, 0.2) is 18.3 Å². The predicted octanol–water partition coefficient (Wildman–Crippen LogP) is 3.59. The fourth-order valence-corrected chi connectivity index (χ4v) is 2.59. The van der Waals surface area contributed by atoms with Crippen molar-refractivity contribution >= 4 is 10.9 Å². The monoisotopic (exact) mass is 278 g/mol. The highest BCUT2D eigenvalue weighted by molar-refractivity contribution is 5.85. The van der Waals surface area contributed by atoms with Gasteiger partial charge in [0.2, 0.25) is 0 Å². The smallest absolute Gasteiger partial charge is 0.150 e. The summed E-state index contributed by atoms with van der Waals surface area (Å²) in [6.45, 7) is 8.55. The number of likely N-dealkylation sites (N-methyl/N-ethyl adjacent to an activating group) is 1. The molecule has 0 spiro atoms. The molecule has 1 aromatic heterocycles. The molecule has 1 heterocycles. The Morgan fingerprint density at radius 2 is 2.10 bits per heavy atom. The maximum atomic E-state index is 13.9. The molecule has 0 amide bonds. The lowest BCUT2D eigenvalue weighted by Crippen LogP contribution is -2.32. The molecule has 0 fully saturated rings. The summed E-state index contributed by atoms with van der Waals surface area (Å²) in [5.74, 6) is 0.300. The molecule has 0 unspecified atom stereocenters. The number of nitrogens with one attached hydrogen (secondary N) is 1. The first-order chi connectivity index (χ1) is 9.56. The Hall–Kier alpha value is -1.55. The van der Waals surface area contributed by atoms with E-state index in [1.54, 1.807) is 7.11 Å². The second kappa shape index (κ2) is 6.27. The summed E-state index contributed by atoms with van der Waals surface area (Å²) in [5, 5.41) is 0.918. The van der Waals surface area contributed by atoms with Gasteiger partial charge in [0.15, 0.2) is 5.82 Å². The molecule has 0 aliphatic carbocycles. The van der Waals surface area contributed by atoms with E-state index < -0.39 is 0 Å². The summed E-state index contributed by atoms with van der Waals surface area (Å²) in [5.41, 5.74) is 1.70. The van der Waals surface area contributed by atoms with E-state index in [1.807, 2.05) is 12.3 Å². The van der Waals surface area contributed by atoms with Crippen LogP contribution in [0.2, 0.25) is 0 Å². The number of H-pyrrole nitrogens is 1. The molecule has 20 heavy (non-hydrogen) atoms. The lowest BCUT2D eigenvalue weighted by atomic mass is 10.1. The zero-order chi connectivity index (χ0) is 14.7. The average molecular weight is 278 g/mol. The second-order valence-electron chi connectivity index (χ2n) is 5.32. The number of benzene rings is 1. The van der Waals surface area contributed by atoms with Crippen molar-refractivity contribution in [2.45, 2.75) is 33.2 Å². The van der Waals surface area contributed by atoms with Crippen LogP contribution in [0.4, 0.5) is 4.39 Å². The number of methoxy groups -OCH3 is 1. The number of hydrogen-bond donors (Lipinski definition) is 1. The number of aromatic nitrogens is 1. The maximum absolute atomic E-state index is 13.9.